The van der Waals surface area contributed by atoms with Crippen molar-refractivity contribution in [1.82, 2.24) is 0 Å². The minimum atomic E-state index is -0.868. The van der Waals surface area contributed by atoms with Crippen LogP contribution in [0.15, 0.2) is 4.99 Å². The molecule has 0 aliphatic heterocycles. The van der Waals surface area contributed by atoms with Crippen LogP contribution in [0.4, 0.5) is 4.79 Å². The summed E-state index contributed by atoms with van der Waals surface area (Å²) >= 11 is 0. The fraction of sp³-hybridized carbons (Fsp3) is 0.500. The highest BCUT2D eigenvalue weighted by Gasteiger charge is 1.94. The van der Waals surface area contributed by atoms with Crippen LogP contribution in [0.5, 0.6) is 0 Å². The molecule has 5 nitrogen and oxygen atoms in total. The Labute approximate surface area is 59.0 Å². The lowest BCUT2D eigenvalue weighted by molar-refractivity contribution is 0.137. The first-order chi connectivity index (χ1) is 4.81. The summed E-state index contributed by atoms with van der Waals surface area (Å²) in [5.41, 5.74) is 0. The molecule has 0 aromatic carbocycles. The zero-order valence-electron chi connectivity index (χ0n) is 5.16. The highest BCUT2D eigenvalue weighted by molar-refractivity contribution is 5.97. The average molecular weight is 140 g/mol. The van der Waals surface area contributed by atoms with E-state index in [9.17, 15) is 4.79 Å². The molecule has 10 heavy (non-hydrogen) atoms. The lowest BCUT2D eigenvalue weighted by atomic mass is 10.6. The van der Waals surface area contributed by atoms with E-state index in [0.717, 1.165) is 0 Å². The highest BCUT2D eigenvalue weighted by Crippen LogP contribution is 1.80. The van der Waals surface area contributed by atoms with Crippen molar-refractivity contribution in [1.29, 1.82) is 5.41 Å². The predicted octanol–water partition coefficient (Wildman–Crippen LogP) is -0.0242. The molecule has 1 amide bonds. The molecule has 6 heteroatoms. The van der Waals surface area contributed by atoms with Gasteiger partial charge in [0.2, 0.25) is 0 Å². The van der Waals surface area contributed by atoms with E-state index in [0.29, 0.717) is 0 Å². The Kier molecular flexibility index (Phi) is 5.33. The minimum absolute atomic E-state index is 0.0283. The molecule has 0 unspecified atom stereocenters. The molecule has 2 radical (unpaired) electrons. The van der Waals surface area contributed by atoms with Crippen LogP contribution >= 0.6 is 0 Å². The van der Waals surface area contributed by atoms with Crippen molar-refractivity contribution in [2.45, 2.75) is 0 Å². The fourth-order valence-electron chi connectivity index (χ4n) is 0.255. The fourth-order valence-corrected chi connectivity index (χ4v) is 0.255. The van der Waals surface area contributed by atoms with Crippen LogP contribution < -0.4 is 0 Å². The summed E-state index contributed by atoms with van der Waals surface area (Å²) in [6, 6.07) is 1.52. The molecule has 52 valence electrons. The summed E-state index contributed by atoms with van der Waals surface area (Å²) < 4.78 is 8.41. The van der Waals surface area contributed by atoms with Crippen molar-refractivity contribution >= 4 is 20.2 Å². The van der Waals surface area contributed by atoms with Gasteiger partial charge in [0.15, 0.2) is 0 Å². The number of aliphatic imine (C=N–C) groups is 1. The van der Waals surface area contributed by atoms with Gasteiger partial charge in [-0.2, -0.15) is 0 Å². The van der Waals surface area contributed by atoms with Crippen LogP contribution in [0, 0.1) is 5.41 Å². The first-order valence-electron chi connectivity index (χ1n) is 2.42. The molecule has 0 aliphatic rings. The number of hydrogen-bond donors (Lipinski definition) is 1. The maximum Gasteiger partial charge on any atom is 0.443 e. The molecule has 0 heterocycles. The molecule has 0 aromatic rings. The summed E-state index contributed by atoms with van der Waals surface area (Å²) in [6.45, 7) is 0.139. The van der Waals surface area contributed by atoms with Gasteiger partial charge in [0.1, 0.15) is 6.61 Å². The van der Waals surface area contributed by atoms with Crippen molar-refractivity contribution in [3.8, 4) is 0 Å². The molecule has 0 saturated heterocycles. The van der Waals surface area contributed by atoms with Crippen LogP contribution in [0.2, 0.25) is 0 Å². The van der Waals surface area contributed by atoms with E-state index < -0.39 is 6.09 Å². The van der Waals surface area contributed by atoms with Gasteiger partial charge in [0.05, 0.1) is 12.6 Å². The number of carbonyl (C=O) groups excluding carboxylic acids is 1. The molecule has 0 bridgehead atoms. The Morgan fingerprint density at radius 2 is 2.40 bits per heavy atom. The quantitative estimate of drug-likeness (QED) is 0.340. The second-order valence-corrected chi connectivity index (χ2v) is 1.21. The van der Waals surface area contributed by atoms with E-state index in [2.05, 4.69) is 22.4 Å². The van der Waals surface area contributed by atoms with Gasteiger partial charge < -0.3 is 9.39 Å². The first kappa shape index (κ1) is 8.87. The topological polar surface area (TPSA) is 71.7 Å². The van der Waals surface area contributed by atoms with E-state index in [1.807, 2.05) is 0 Å². The van der Waals surface area contributed by atoms with Crippen LogP contribution in [-0.4, -0.2) is 33.4 Å². The lowest BCUT2D eigenvalue weighted by Gasteiger charge is -1.97. The molecular formula is C4H5BN2O3. The molecule has 0 aromatic heterocycles. The van der Waals surface area contributed by atoms with Crippen LogP contribution in [-0.2, 0) is 9.39 Å². The van der Waals surface area contributed by atoms with Gasteiger partial charge >= 0.3 is 6.09 Å². The van der Waals surface area contributed by atoms with Gasteiger partial charge in [-0.15, -0.1) is 4.99 Å². The zero-order valence-corrected chi connectivity index (χ0v) is 5.16. The normalized spacial score (nSPS) is 8.00. The second kappa shape index (κ2) is 6.00. The molecule has 1 N–H and O–H groups in total. The van der Waals surface area contributed by atoms with E-state index in [-0.39, 0.29) is 13.2 Å². The Hall–Kier alpha value is -1.13. The number of amides is 1. The highest BCUT2D eigenvalue weighted by atomic mass is 16.6. The number of nitrogens with zero attached hydrogens (tertiary/aromatic N) is 1. The Bertz CT molecular complexity index is 155. The minimum Gasteiger partial charge on any atom is -0.445 e. The summed E-state index contributed by atoms with van der Waals surface area (Å²) in [5.74, 6) is 0. The van der Waals surface area contributed by atoms with Crippen molar-refractivity contribution in [2.24, 2.45) is 4.99 Å². The number of nitrogens with one attached hydrogen (secondary N) is 1. The van der Waals surface area contributed by atoms with Gasteiger partial charge in [-0.25, -0.2) is 10.2 Å². The molecule has 0 rings (SSSR count). The number of ether oxygens (including phenoxy) is 1. The van der Waals surface area contributed by atoms with E-state index >= 15 is 0 Å². The lowest BCUT2D eigenvalue weighted by Crippen LogP contribution is -2.05. The molecule has 0 saturated carbocycles. The third-order valence-electron chi connectivity index (χ3n) is 0.574. The molecule has 0 spiro atoms. The van der Waals surface area contributed by atoms with Crippen LogP contribution in [0.1, 0.15) is 0 Å². The summed E-state index contributed by atoms with van der Waals surface area (Å²) in [7, 11) is 4.61. The smallest absolute Gasteiger partial charge is 0.443 e. The van der Waals surface area contributed by atoms with Gasteiger partial charge in [0, 0.05) is 0 Å². The molecule has 0 atom stereocenters. The van der Waals surface area contributed by atoms with Crippen molar-refractivity contribution in [3.63, 3.8) is 0 Å². The summed E-state index contributed by atoms with van der Waals surface area (Å²) in [5, 5.41) is 6.24. The zero-order chi connectivity index (χ0) is 7.82. The van der Waals surface area contributed by atoms with Gasteiger partial charge in [-0.1, -0.05) is 0 Å². The van der Waals surface area contributed by atoms with Crippen molar-refractivity contribution in [2.75, 3.05) is 13.2 Å². The SMILES string of the molecule is [B]OCCOC(=O)N=C=N. The monoisotopic (exact) mass is 140 g/mol. The third-order valence-corrected chi connectivity index (χ3v) is 0.574. The van der Waals surface area contributed by atoms with Crippen LogP contribution in [0.3, 0.4) is 0 Å². The standard InChI is InChI=1S/C4H5BN2O3/c5-10-2-1-9-4(8)7-3-6/h6H,1-2H2. The van der Waals surface area contributed by atoms with Gasteiger partial charge in [0.25, 0.3) is 8.05 Å². The third kappa shape index (κ3) is 5.02. The Morgan fingerprint density at radius 3 is 2.90 bits per heavy atom. The number of rotatable bonds is 3. The number of hydrogen-bond acceptors (Lipinski definition) is 4. The summed E-state index contributed by atoms with van der Waals surface area (Å²) in [4.78, 5) is 13.1. The molecule has 0 fully saturated rings. The maximum atomic E-state index is 10.3. The average Bonchev–Trinajstić information content (AvgIpc) is 1.89. The largest absolute Gasteiger partial charge is 0.445 e. The van der Waals surface area contributed by atoms with Crippen LogP contribution in [0.25, 0.3) is 0 Å². The van der Waals surface area contributed by atoms with E-state index in [4.69, 9.17) is 5.41 Å². The van der Waals surface area contributed by atoms with Crippen molar-refractivity contribution < 1.29 is 14.2 Å². The van der Waals surface area contributed by atoms with Gasteiger partial charge in [-0.3, -0.25) is 0 Å². The molecular weight excluding hydrogens is 135 g/mol. The maximum absolute atomic E-state index is 10.3. The van der Waals surface area contributed by atoms with E-state index in [1.165, 1.54) is 6.01 Å². The molecule has 0 aliphatic carbocycles. The summed E-state index contributed by atoms with van der Waals surface area (Å²) in [6.07, 6.45) is -0.868. The van der Waals surface area contributed by atoms with Crippen molar-refractivity contribution in [3.05, 3.63) is 0 Å². The second-order valence-electron chi connectivity index (χ2n) is 1.21. The Balaban J connectivity index is 3.31. The Morgan fingerprint density at radius 1 is 1.70 bits per heavy atom. The van der Waals surface area contributed by atoms with E-state index in [1.54, 1.807) is 0 Å². The number of carbonyl (C=O) groups is 1. The first-order valence-corrected chi connectivity index (χ1v) is 2.42. The van der Waals surface area contributed by atoms with Gasteiger partial charge in [-0.05, 0) is 0 Å². The predicted molar refractivity (Wildman–Crippen MR) is 33.2 cm³/mol.